The van der Waals surface area contributed by atoms with Gasteiger partial charge in [0.05, 0.1) is 22.8 Å². The van der Waals surface area contributed by atoms with Gasteiger partial charge in [-0.3, -0.25) is 9.59 Å². The van der Waals surface area contributed by atoms with E-state index in [9.17, 15) is 9.59 Å². The monoisotopic (exact) mass is 390 g/mol. The molecule has 0 spiro atoms. The normalized spacial score (nSPS) is 19.4. The number of amides is 1. The van der Waals surface area contributed by atoms with Crippen LogP contribution >= 0.6 is 11.3 Å². The second kappa shape index (κ2) is 6.56. The average molecular weight is 390 g/mol. The molecule has 6 heteroatoms. The molecule has 2 aliphatic rings. The maximum atomic E-state index is 13.0. The SMILES string of the molecule is C=C1CCC(N2Cc3c(Oc4nc5ccccc5s4)cccc3C2=O)C(=O)C1. The second-order valence-electron chi connectivity index (χ2n) is 7.21. The molecule has 0 radical (unpaired) electrons. The molecule has 1 aliphatic carbocycles. The minimum absolute atomic E-state index is 0.0750. The Kier molecular flexibility index (Phi) is 4.02. The molecule has 140 valence electrons. The summed E-state index contributed by atoms with van der Waals surface area (Å²) in [5, 5.41) is 0.547. The molecule has 1 aliphatic heterocycles. The predicted molar refractivity (Wildman–Crippen MR) is 108 cm³/mol. The lowest BCUT2D eigenvalue weighted by molar-refractivity contribution is -0.124. The molecular formula is C22H18N2O3S. The third-order valence-corrected chi connectivity index (χ3v) is 6.28. The molecular weight excluding hydrogens is 372 g/mol. The number of rotatable bonds is 3. The fourth-order valence-electron chi connectivity index (χ4n) is 3.95. The van der Waals surface area contributed by atoms with E-state index in [1.807, 2.05) is 36.4 Å². The number of ether oxygens (including phenoxy) is 1. The fourth-order valence-corrected chi connectivity index (χ4v) is 4.77. The molecule has 5 nitrogen and oxygen atoms in total. The first kappa shape index (κ1) is 17.1. The van der Waals surface area contributed by atoms with Crippen molar-refractivity contribution in [3.8, 4) is 10.9 Å². The lowest BCUT2D eigenvalue weighted by Gasteiger charge is -2.30. The number of aromatic nitrogens is 1. The van der Waals surface area contributed by atoms with E-state index < -0.39 is 0 Å². The molecule has 1 fully saturated rings. The van der Waals surface area contributed by atoms with Gasteiger partial charge in [-0.25, -0.2) is 4.98 Å². The molecule has 2 heterocycles. The molecule has 1 atom stereocenters. The van der Waals surface area contributed by atoms with Gasteiger partial charge in [0.1, 0.15) is 5.75 Å². The summed E-state index contributed by atoms with van der Waals surface area (Å²) >= 11 is 1.47. The topological polar surface area (TPSA) is 59.5 Å². The number of carbonyl (C=O) groups excluding carboxylic acids is 2. The van der Waals surface area contributed by atoms with Crippen LogP contribution in [0.4, 0.5) is 0 Å². The molecule has 0 bridgehead atoms. The number of hydrogen-bond donors (Lipinski definition) is 0. The molecule has 1 amide bonds. The third kappa shape index (κ3) is 2.81. The van der Waals surface area contributed by atoms with Gasteiger partial charge in [-0.05, 0) is 37.1 Å². The Morgan fingerprint density at radius 2 is 2.00 bits per heavy atom. The molecule has 28 heavy (non-hydrogen) atoms. The van der Waals surface area contributed by atoms with Gasteiger partial charge in [0, 0.05) is 17.5 Å². The van der Waals surface area contributed by atoms with Crippen LogP contribution in [0.5, 0.6) is 10.9 Å². The summed E-state index contributed by atoms with van der Waals surface area (Å²) in [6.45, 7) is 4.30. The first-order valence-electron chi connectivity index (χ1n) is 9.26. The van der Waals surface area contributed by atoms with Gasteiger partial charge in [0.25, 0.3) is 11.1 Å². The molecule has 2 aromatic carbocycles. The van der Waals surface area contributed by atoms with Gasteiger partial charge < -0.3 is 9.64 Å². The molecule has 1 unspecified atom stereocenters. The van der Waals surface area contributed by atoms with Gasteiger partial charge in [-0.15, -0.1) is 0 Å². The highest BCUT2D eigenvalue weighted by Gasteiger charge is 2.39. The van der Waals surface area contributed by atoms with Crippen LogP contribution in [0.25, 0.3) is 10.2 Å². The lowest BCUT2D eigenvalue weighted by atomic mass is 9.90. The zero-order valence-electron chi connectivity index (χ0n) is 15.2. The molecule has 5 rings (SSSR count). The summed E-state index contributed by atoms with van der Waals surface area (Å²) in [5.41, 5.74) is 3.27. The largest absolute Gasteiger partial charge is 0.430 e. The van der Waals surface area contributed by atoms with E-state index in [1.165, 1.54) is 11.3 Å². The Balaban J connectivity index is 1.44. The number of hydrogen-bond acceptors (Lipinski definition) is 5. The average Bonchev–Trinajstić information content (AvgIpc) is 3.23. The van der Waals surface area contributed by atoms with Crippen LogP contribution in [-0.4, -0.2) is 27.6 Å². The molecule has 1 aromatic heterocycles. The predicted octanol–water partition coefficient (Wildman–Crippen LogP) is 4.72. The zero-order valence-corrected chi connectivity index (χ0v) is 16.0. The van der Waals surface area contributed by atoms with E-state index in [1.54, 1.807) is 11.0 Å². The van der Waals surface area contributed by atoms with Crippen molar-refractivity contribution in [2.45, 2.75) is 31.8 Å². The fraction of sp³-hybridized carbons (Fsp3) is 0.227. The van der Waals surface area contributed by atoms with Crippen LogP contribution in [-0.2, 0) is 11.3 Å². The first-order chi connectivity index (χ1) is 13.6. The highest BCUT2D eigenvalue weighted by atomic mass is 32.1. The summed E-state index contributed by atoms with van der Waals surface area (Å²) in [6, 6.07) is 13.0. The van der Waals surface area contributed by atoms with Gasteiger partial charge >= 0.3 is 0 Å². The Labute approximate surface area is 166 Å². The summed E-state index contributed by atoms with van der Waals surface area (Å²) in [4.78, 5) is 31.6. The lowest BCUT2D eigenvalue weighted by Crippen LogP contribution is -2.43. The van der Waals surface area contributed by atoms with Gasteiger partial charge in [-0.2, -0.15) is 0 Å². The van der Waals surface area contributed by atoms with Crippen molar-refractivity contribution in [2.24, 2.45) is 0 Å². The smallest absolute Gasteiger partial charge is 0.279 e. The maximum Gasteiger partial charge on any atom is 0.279 e. The number of fused-ring (bicyclic) bond motifs is 2. The zero-order chi connectivity index (χ0) is 19.3. The third-order valence-electron chi connectivity index (χ3n) is 5.37. The molecule has 0 saturated heterocycles. The standard InChI is InChI=1S/C22H18N2O3S/c1-13-9-10-17(18(25)11-13)24-12-15-14(21(24)26)5-4-7-19(15)27-22-23-16-6-2-3-8-20(16)28-22/h2-8,17H,1,9-12H2. The van der Waals surface area contributed by atoms with E-state index in [0.29, 0.717) is 35.9 Å². The van der Waals surface area contributed by atoms with Crippen molar-refractivity contribution in [2.75, 3.05) is 0 Å². The van der Waals surface area contributed by atoms with Crippen molar-refractivity contribution in [3.05, 3.63) is 65.7 Å². The van der Waals surface area contributed by atoms with Crippen LogP contribution < -0.4 is 4.74 Å². The van der Waals surface area contributed by atoms with Crippen molar-refractivity contribution >= 4 is 33.2 Å². The number of allylic oxidation sites excluding steroid dienone is 1. The molecule has 1 saturated carbocycles. The van der Waals surface area contributed by atoms with Crippen LogP contribution in [0, 0.1) is 0 Å². The van der Waals surface area contributed by atoms with Crippen molar-refractivity contribution in [3.63, 3.8) is 0 Å². The second-order valence-corrected chi connectivity index (χ2v) is 8.21. The Bertz CT molecular complexity index is 1100. The van der Waals surface area contributed by atoms with Gasteiger partial charge in [0.15, 0.2) is 5.78 Å². The van der Waals surface area contributed by atoms with Gasteiger partial charge in [-0.1, -0.05) is 41.7 Å². The summed E-state index contributed by atoms with van der Waals surface area (Å²) in [6.07, 6.45) is 1.79. The van der Waals surface area contributed by atoms with Crippen LogP contribution in [0.3, 0.4) is 0 Å². The number of thiazole rings is 1. The van der Waals surface area contributed by atoms with E-state index in [0.717, 1.165) is 27.8 Å². The summed E-state index contributed by atoms with van der Waals surface area (Å²) in [7, 11) is 0. The van der Waals surface area contributed by atoms with Crippen LogP contribution in [0.1, 0.15) is 35.2 Å². The quantitative estimate of drug-likeness (QED) is 0.607. The number of nitrogens with zero attached hydrogens (tertiary/aromatic N) is 2. The number of para-hydroxylation sites is 1. The number of Topliss-reactive ketones (excluding diaryl/α,β-unsaturated/α-hetero) is 1. The van der Waals surface area contributed by atoms with Crippen molar-refractivity contribution in [1.29, 1.82) is 0 Å². The number of ketones is 1. The molecule has 0 N–H and O–H groups in total. The Morgan fingerprint density at radius 3 is 2.82 bits per heavy atom. The van der Waals surface area contributed by atoms with Crippen LogP contribution in [0.15, 0.2) is 54.6 Å². The highest BCUT2D eigenvalue weighted by molar-refractivity contribution is 7.20. The van der Waals surface area contributed by atoms with E-state index in [4.69, 9.17) is 4.74 Å². The molecule has 3 aromatic rings. The first-order valence-corrected chi connectivity index (χ1v) is 10.1. The number of benzene rings is 2. The summed E-state index contributed by atoms with van der Waals surface area (Å²) in [5.74, 6) is 0.599. The van der Waals surface area contributed by atoms with E-state index in [-0.39, 0.29) is 17.7 Å². The minimum atomic E-state index is -0.374. The van der Waals surface area contributed by atoms with Crippen molar-refractivity contribution in [1.82, 2.24) is 9.88 Å². The van der Waals surface area contributed by atoms with Crippen molar-refractivity contribution < 1.29 is 14.3 Å². The Hall–Kier alpha value is -2.99. The Morgan fingerprint density at radius 1 is 1.14 bits per heavy atom. The number of carbonyl (C=O) groups is 2. The van der Waals surface area contributed by atoms with Crippen LogP contribution in [0.2, 0.25) is 0 Å². The minimum Gasteiger partial charge on any atom is -0.430 e. The maximum absolute atomic E-state index is 13.0. The summed E-state index contributed by atoms with van der Waals surface area (Å²) < 4.78 is 7.12. The highest BCUT2D eigenvalue weighted by Crippen LogP contribution is 2.38. The van der Waals surface area contributed by atoms with E-state index >= 15 is 0 Å². The van der Waals surface area contributed by atoms with Gasteiger partial charge in [0.2, 0.25) is 0 Å². The van der Waals surface area contributed by atoms with E-state index in [2.05, 4.69) is 11.6 Å².